The van der Waals surface area contributed by atoms with Gasteiger partial charge in [-0.2, -0.15) is 4.31 Å². The van der Waals surface area contributed by atoms with Crippen LogP contribution in [-0.4, -0.2) is 73.6 Å². The lowest BCUT2D eigenvalue weighted by Gasteiger charge is -2.38. The first kappa shape index (κ1) is 22.6. The first-order chi connectivity index (χ1) is 14.2. The molecular formula is C20H27F2N3O4S. The van der Waals surface area contributed by atoms with Gasteiger partial charge in [0, 0.05) is 45.7 Å². The molecule has 1 unspecified atom stereocenters. The van der Waals surface area contributed by atoms with Crippen molar-refractivity contribution in [2.24, 2.45) is 5.92 Å². The fraction of sp³-hybridized carbons (Fsp3) is 0.600. The third-order valence-electron chi connectivity index (χ3n) is 5.67. The van der Waals surface area contributed by atoms with Crippen molar-refractivity contribution in [3.8, 4) is 0 Å². The topological polar surface area (TPSA) is 78.0 Å². The van der Waals surface area contributed by atoms with E-state index in [9.17, 15) is 26.8 Å². The first-order valence-corrected chi connectivity index (χ1v) is 11.7. The Morgan fingerprint density at radius 2 is 1.73 bits per heavy atom. The van der Waals surface area contributed by atoms with E-state index in [0.29, 0.717) is 32.0 Å². The van der Waals surface area contributed by atoms with Crippen LogP contribution in [0.3, 0.4) is 0 Å². The molecule has 2 aliphatic heterocycles. The van der Waals surface area contributed by atoms with Crippen molar-refractivity contribution in [2.75, 3.05) is 39.3 Å². The fourth-order valence-corrected chi connectivity index (χ4v) is 5.41. The molecule has 0 radical (unpaired) electrons. The summed E-state index contributed by atoms with van der Waals surface area (Å²) in [6.45, 7) is 3.63. The number of rotatable bonds is 5. The fourth-order valence-electron chi connectivity index (χ4n) is 3.97. The molecule has 0 aliphatic carbocycles. The van der Waals surface area contributed by atoms with Gasteiger partial charge in [0.1, 0.15) is 0 Å². The van der Waals surface area contributed by atoms with Gasteiger partial charge in [0.25, 0.3) is 0 Å². The molecule has 2 aliphatic rings. The number of halogens is 2. The Hall–Kier alpha value is -2.07. The van der Waals surface area contributed by atoms with Crippen LogP contribution in [-0.2, 0) is 19.6 Å². The molecule has 2 saturated heterocycles. The number of sulfonamides is 1. The minimum Gasteiger partial charge on any atom is -0.342 e. The molecule has 166 valence electrons. The van der Waals surface area contributed by atoms with Crippen molar-refractivity contribution in [3.05, 3.63) is 29.8 Å². The molecule has 7 nitrogen and oxygen atoms in total. The van der Waals surface area contributed by atoms with Crippen molar-refractivity contribution in [3.63, 3.8) is 0 Å². The summed E-state index contributed by atoms with van der Waals surface area (Å²) < 4.78 is 53.1. The van der Waals surface area contributed by atoms with Gasteiger partial charge in [0.15, 0.2) is 11.6 Å². The van der Waals surface area contributed by atoms with Crippen LogP contribution in [0.1, 0.15) is 32.6 Å². The number of hydrogen-bond donors (Lipinski definition) is 0. The van der Waals surface area contributed by atoms with Gasteiger partial charge in [0.2, 0.25) is 21.8 Å². The highest BCUT2D eigenvalue weighted by atomic mass is 32.2. The van der Waals surface area contributed by atoms with Crippen LogP contribution in [0.5, 0.6) is 0 Å². The van der Waals surface area contributed by atoms with Gasteiger partial charge in [0.05, 0.1) is 10.8 Å². The molecule has 0 bridgehead atoms. The molecule has 2 amide bonds. The van der Waals surface area contributed by atoms with Crippen molar-refractivity contribution in [1.82, 2.24) is 14.1 Å². The van der Waals surface area contributed by atoms with Crippen LogP contribution in [0.25, 0.3) is 0 Å². The number of piperidine rings is 1. The summed E-state index contributed by atoms with van der Waals surface area (Å²) >= 11 is 0. The number of nitrogens with zero attached hydrogens (tertiary/aromatic N) is 3. The summed E-state index contributed by atoms with van der Waals surface area (Å²) in [7, 11) is -3.97. The smallest absolute Gasteiger partial charge is 0.243 e. The average molecular weight is 444 g/mol. The Kier molecular flexibility index (Phi) is 7.07. The lowest BCUT2D eigenvalue weighted by Crippen LogP contribution is -2.54. The highest BCUT2D eigenvalue weighted by molar-refractivity contribution is 7.89. The lowest BCUT2D eigenvalue weighted by atomic mass is 9.96. The van der Waals surface area contributed by atoms with E-state index >= 15 is 0 Å². The summed E-state index contributed by atoms with van der Waals surface area (Å²) in [5.74, 6) is -2.59. The third-order valence-corrected chi connectivity index (χ3v) is 7.56. The van der Waals surface area contributed by atoms with Crippen LogP contribution in [0.4, 0.5) is 8.78 Å². The van der Waals surface area contributed by atoms with Crippen molar-refractivity contribution in [2.45, 2.75) is 37.5 Å². The number of likely N-dealkylation sites (tertiary alicyclic amines) is 1. The van der Waals surface area contributed by atoms with Crippen molar-refractivity contribution < 1.29 is 26.8 Å². The molecule has 0 N–H and O–H groups in total. The van der Waals surface area contributed by atoms with Gasteiger partial charge in [-0.15, -0.1) is 0 Å². The molecule has 3 rings (SSSR count). The molecule has 1 aromatic carbocycles. The summed E-state index contributed by atoms with van der Waals surface area (Å²) in [6, 6.07) is 2.50. The van der Waals surface area contributed by atoms with Crippen LogP contribution in [0.2, 0.25) is 0 Å². The van der Waals surface area contributed by atoms with Gasteiger partial charge in [-0.25, -0.2) is 17.2 Å². The van der Waals surface area contributed by atoms with Gasteiger partial charge in [-0.1, -0.05) is 6.92 Å². The standard InChI is InChI=1S/C20H27F2N3O4S/c1-2-4-19(26)24-8-3-5-15(14-24)20(27)23-9-11-25(12-10-23)30(28,29)16-6-7-17(21)18(22)13-16/h6-7,13,15H,2-5,8-12,14H2,1H3. The quantitative estimate of drug-likeness (QED) is 0.696. The molecule has 0 saturated carbocycles. The second-order valence-corrected chi connectivity index (χ2v) is 9.67. The monoisotopic (exact) mass is 443 g/mol. The van der Waals surface area contributed by atoms with E-state index in [-0.39, 0.29) is 48.8 Å². The zero-order chi connectivity index (χ0) is 21.9. The SMILES string of the molecule is CCCC(=O)N1CCCC(C(=O)N2CCN(S(=O)(=O)c3ccc(F)c(F)c3)CC2)C1. The van der Waals surface area contributed by atoms with Crippen LogP contribution in [0, 0.1) is 17.6 Å². The minimum absolute atomic E-state index is 0.0612. The van der Waals surface area contributed by atoms with Crippen LogP contribution in [0.15, 0.2) is 23.1 Å². The predicted molar refractivity (Wildman–Crippen MR) is 106 cm³/mol. The maximum absolute atomic E-state index is 13.4. The molecular weight excluding hydrogens is 416 g/mol. The Balaban J connectivity index is 1.60. The van der Waals surface area contributed by atoms with Crippen LogP contribution < -0.4 is 0 Å². The lowest BCUT2D eigenvalue weighted by molar-refractivity contribution is -0.141. The number of hydrogen-bond acceptors (Lipinski definition) is 4. The first-order valence-electron chi connectivity index (χ1n) is 10.3. The van der Waals surface area contributed by atoms with E-state index in [4.69, 9.17) is 0 Å². The molecule has 30 heavy (non-hydrogen) atoms. The zero-order valence-corrected chi connectivity index (χ0v) is 17.8. The van der Waals surface area contributed by atoms with E-state index < -0.39 is 21.7 Å². The van der Waals surface area contributed by atoms with Gasteiger partial charge in [-0.3, -0.25) is 9.59 Å². The molecule has 0 aromatic heterocycles. The second-order valence-electron chi connectivity index (χ2n) is 7.73. The molecule has 0 spiro atoms. The summed E-state index contributed by atoms with van der Waals surface area (Å²) in [5.41, 5.74) is 0. The van der Waals surface area contributed by atoms with E-state index in [1.807, 2.05) is 6.92 Å². The van der Waals surface area contributed by atoms with Gasteiger partial charge < -0.3 is 9.80 Å². The normalized spacial score (nSPS) is 21.0. The summed E-state index contributed by atoms with van der Waals surface area (Å²) in [6.07, 6.45) is 2.72. The molecule has 10 heteroatoms. The second kappa shape index (κ2) is 9.38. The number of piperazine rings is 1. The predicted octanol–water partition coefficient (Wildman–Crippen LogP) is 1.84. The highest BCUT2D eigenvalue weighted by Gasteiger charge is 2.35. The minimum atomic E-state index is -3.97. The van der Waals surface area contributed by atoms with Gasteiger partial charge in [-0.05, 0) is 37.5 Å². The molecule has 1 aromatic rings. The van der Waals surface area contributed by atoms with Crippen molar-refractivity contribution >= 4 is 21.8 Å². The number of carbonyl (C=O) groups is 2. The van der Waals surface area contributed by atoms with E-state index in [1.165, 1.54) is 4.31 Å². The number of benzene rings is 1. The summed E-state index contributed by atoms with van der Waals surface area (Å²) in [4.78, 5) is 28.1. The highest BCUT2D eigenvalue weighted by Crippen LogP contribution is 2.23. The van der Waals surface area contributed by atoms with Gasteiger partial charge >= 0.3 is 0 Å². The average Bonchev–Trinajstić information content (AvgIpc) is 2.75. The number of carbonyl (C=O) groups excluding carboxylic acids is 2. The number of amides is 2. The molecule has 2 fully saturated rings. The zero-order valence-electron chi connectivity index (χ0n) is 17.0. The Morgan fingerprint density at radius 1 is 1.03 bits per heavy atom. The Labute approximate surface area is 175 Å². The van der Waals surface area contributed by atoms with E-state index in [2.05, 4.69) is 0 Å². The Morgan fingerprint density at radius 3 is 2.37 bits per heavy atom. The Bertz CT molecular complexity index is 901. The maximum atomic E-state index is 13.4. The molecule has 2 heterocycles. The largest absolute Gasteiger partial charge is 0.342 e. The van der Waals surface area contributed by atoms with E-state index in [0.717, 1.165) is 25.0 Å². The third kappa shape index (κ3) is 4.80. The maximum Gasteiger partial charge on any atom is 0.243 e. The van der Waals surface area contributed by atoms with Crippen molar-refractivity contribution in [1.29, 1.82) is 0 Å². The van der Waals surface area contributed by atoms with Crippen LogP contribution >= 0.6 is 0 Å². The summed E-state index contributed by atoms with van der Waals surface area (Å²) in [5, 5.41) is 0. The van der Waals surface area contributed by atoms with E-state index in [1.54, 1.807) is 9.80 Å². The molecule has 1 atom stereocenters.